The van der Waals surface area contributed by atoms with E-state index in [4.69, 9.17) is 5.11 Å². The first-order chi connectivity index (χ1) is 9.99. The number of rotatable bonds is 4. The normalized spacial score (nSPS) is 10.8. The van der Waals surface area contributed by atoms with Crippen LogP contribution in [0.25, 0.3) is 6.08 Å². The van der Waals surface area contributed by atoms with Gasteiger partial charge in [-0.2, -0.15) is 0 Å². The predicted molar refractivity (Wildman–Crippen MR) is 82.7 cm³/mol. The van der Waals surface area contributed by atoms with E-state index in [1.54, 1.807) is 18.2 Å². The minimum Gasteiger partial charge on any atom is -0.478 e. The number of hydrogen-bond acceptors (Lipinski definition) is 2. The Kier molecular flexibility index (Phi) is 4.33. The zero-order valence-electron chi connectivity index (χ0n) is 12.0. The molecule has 0 aliphatic heterocycles. The number of carbonyl (C=O) groups excluding carboxylic acids is 1. The Bertz CT molecular complexity index is 727. The van der Waals surface area contributed by atoms with E-state index >= 15 is 0 Å². The zero-order chi connectivity index (χ0) is 15.4. The van der Waals surface area contributed by atoms with Crippen LogP contribution in [0.3, 0.4) is 0 Å². The molecule has 2 aromatic rings. The van der Waals surface area contributed by atoms with Crippen molar-refractivity contribution in [2.75, 3.05) is 0 Å². The molecule has 0 heterocycles. The predicted octanol–water partition coefficient (Wildman–Crippen LogP) is 3.90. The van der Waals surface area contributed by atoms with Gasteiger partial charge in [0.15, 0.2) is 5.78 Å². The molecule has 0 spiro atoms. The fourth-order valence-corrected chi connectivity index (χ4v) is 2.01. The van der Waals surface area contributed by atoms with Crippen molar-refractivity contribution in [1.29, 1.82) is 0 Å². The van der Waals surface area contributed by atoms with E-state index in [0.717, 1.165) is 11.1 Å². The minimum atomic E-state index is -1.10. The van der Waals surface area contributed by atoms with Crippen molar-refractivity contribution in [1.82, 2.24) is 0 Å². The lowest BCUT2D eigenvalue weighted by molar-refractivity contribution is 0.0693. The van der Waals surface area contributed by atoms with Crippen LogP contribution in [0.4, 0.5) is 0 Å². The fourth-order valence-electron chi connectivity index (χ4n) is 2.01. The van der Waals surface area contributed by atoms with Crippen molar-refractivity contribution in [3.05, 3.63) is 76.4 Å². The lowest BCUT2D eigenvalue weighted by Crippen LogP contribution is -2.06. The van der Waals surface area contributed by atoms with Gasteiger partial charge < -0.3 is 5.11 Å². The van der Waals surface area contributed by atoms with E-state index in [9.17, 15) is 9.59 Å². The summed E-state index contributed by atoms with van der Waals surface area (Å²) in [5.41, 5.74) is 3.47. The standard InChI is InChI=1S/C18H16O3/c1-12-7-8-14(11-13(12)2)9-10-17(19)15-5-3-4-6-16(15)18(20)21/h3-11H,1-2H3,(H,20,21)/b10-9+. The molecule has 0 atom stereocenters. The smallest absolute Gasteiger partial charge is 0.336 e. The van der Waals surface area contributed by atoms with Crippen molar-refractivity contribution >= 4 is 17.8 Å². The summed E-state index contributed by atoms with van der Waals surface area (Å²) in [4.78, 5) is 23.3. The summed E-state index contributed by atoms with van der Waals surface area (Å²) in [6.07, 6.45) is 3.11. The molecule has 106 valence electrons. The lowest BCUT2D eigenvalue weighted by Gasteiger charge is -2.02. The number of aromatic carboxylic acids is 1. The summed E-state index contributed by atoms with van der Waals surface area (Å²) in [6, 6.07) is 12.1. The van der Waals surface area contributed by atoms with E-state index in [1.165, 1.54) is 23.8 Å². The highest BCUT2D eigenvalue weighted by Crippen LogP contribution is 2.14. The second kappa shape index (κ2) is 6.18. The molecule has 1 N–H and O–H groups in total. The van der Waals surface area contributed by atoms with Crippen molar-refractivity contribution in [3.63, 3.8) is 0 Å². The Morgan fingerprint density at radius 2 is 1.62 bits per heavy atom. The number of carboxylic acid groups (broad SMARTS) is 1. The molecule has 0 unspecified atom stereocenters. The highest BCUT2D eigenvalue weighted by Gasteiger charge is 2.13. The van der Waals surface area contributed by atoms with Crippen molar-refractivity contribution in [3.8, 4) is 0 Å². The van der Waals surface area contributed by atoms with E-state index in [1.807, 2.05) is 32.0 Å². The third-order valence-electron chi connectivity index (χ3n) is 3.38. The summed E-state index contributed by atoms with van der Waals surface area (Å²) in [7, 11) is 0. The molecule has 0 bridgehead atoms. The van der Waals surface area contributed by atoms with Crippen molar-refractivity contribution in [2.45, 2.75) is 13.8 Å². The molecule has 0 radical (unpaired) electrons. The molecule has 2 rings (SSSR count). The number of benzene rings is 2. The van der Waals surface area contributed by atoms with Gasteiger partial charge in [0.25, 0.3) is 0 Å². The average Bonchev–Trinajstić information content (AvgIpc) is 2.48. The van der Waals surface area contributed by atoms with E-state index in [2.05, 4.69) is 0 Å². The first kappa shape index (κ1) is 14.7. The molecule has 0 saturated carbocycles. The quantitative estimate of drug-likeness (QED) is 0.682. The molecule has 3 nitrogen and oxygen atoms in total. The summed E-state index contributed by atoms with van der Waals surface area (Å²) in [5.74, 6) is -1.41. The fraction of sp³-hybridized carbons (Fsp3) is 0.111. The highest BCUT2D eigenvalue weighted by molar-refractivity contribution is 6.12. The maximum atomic E-state index is 12.1. The second-order valence-corrected chi connectivity index (χ2v) is 4.89. The Balaban J connectivity index is 2.27. The monoisotopic (exact) mass is 280 g/mol. The molecule has 0 aliphatic carbocycles. The van der Waals surface area contributed by atoms with Gasteiger partial charge >= 0.3 is 5.97 Å². The Morgan fingerprint density at radius 1 is 0.952 bits per heavy atom. The number of carbonyl (C=O) groups is 2. The largest absolute Gasteiger partial charge is 0.478 e. The van der Waals surface area contributed by atoms with Crippen molar-refractivity contribution in [2.24, 2.45) is 0 Å². The summed E-state index contributed by atoms with van der Waals surface area (Å²) >= 11 is 0. The van der Waals surface area contributed by atoms with Crippen LogP contribution in [0.15, 0.2) is 48.5 Å². The number of allylic oxidation sites excluding steroid dienone is 1. The van der Waals surface area contributed by atoms with Gasteiger partial charge in [0.1, 0.15) is 0 Å². The molecular weight excluding hydrogens is 264 g/mol. The van der Waals surface area contributed by atoms with Crippen LogP contribution in [0.2, 0.25) is 0 Å². The SMILES string of the molecule is Cc1ccc(/C=C/C(=O)c2ccccc2C(=O)O)cc1C. The van der Waals surface area contributed by atoms with Crippen LogP contribution in [-0.4, -0.2) is 16.9 Å². The van der Waals surface area contributed by atoms with Crippen LogP contribution in [0, 0.1) is 13.8 Å². The van der Waals surface area contributed by atoms with Crippen LogP contribution in [-0.2, 0) is 0 Å². The van der Waals surface area contributed by atoms with Gasteiger partial charge in [0.05, 0.1) is 5.56 Å². The van der Waals surface area contributed by atoms with E-state index in [-0.39, 0.29) is 16.9 Å². The first-order valence-corrected chi connectivity index (χ1v) is 6.61. The number of aryl methyl sites for hydroxylation is 2. The summed E-state index contributed by atoms with van der Waals surface area (Å²) in [5, 5.41) is 9.09. The molecule has 0 fully saturated rings. The lowest BCUT2D eigenvalue weighted by atomic mass is 10.0. The van der Waals surface area contributed by atoms with Gasteiger partial charge in [-0.25, -0.2) is 4.79 Å². The maximum Gasteiger partial charge on any atom is 0.336 e. The van der Waals surface area contributed by atoms with Gasteiger partial charge in [-0.05, 0) is 42.7 Å². The Morgan fingerprint density at radius 3 is 2.24 bits per heavy atom. The van der Waals surface area contributed by atoms with Gasteiger partial charge in [-0.15, -0.1) is 0 Å². The molecule has 21 heavy (non-hydrogen) atoms. The highest BCUT2D eigenvalue weighted by atomic mass is 16.4. The maximum absolute atomic E-state index is 12.1. The van der Waals surface area contributed by atoms with Crippen LogP contribution in [0.1, 0.15) is 37.4 Å². The van der Waals surface area contributed by atoms with Crippen LogP contribution >= 0.6 is 0 Å². The summed E-state index contributed by atoms with van der Waals surface area (Å²) < 4.78 is 0. The van der Waals surface area contributed by atoms with E-state index < -0.39 is 5.97 Å². The van der Waals surface area contributed by atoms with Gasteiger partial charge in [-0.3, -0.25) is 4.79 Å². The molecular formula is C18H16O3. The zero-order valence-corrected chi connectivity index (χ0v) is 12.0. The molecule has 0 amide bonds. The van der Waals surface area contributed by atoms with Gasteiger partial charge in [0.2, 0.25) is 0 Å². The molecule has 0 aromatic heterocycles. The van der Waals surface area contributed by atoms with Crippen LogP contribution < -0.4 is 0 Å². The minimum absolute atomic E-state index is 0.0206. The van der Waals surface area contributed by atoms with E-state index in [0.29, 0.717) is 0 Å². The van der Waals surface area contributed by atoms with Crippen LogP contribution in [0.5, 0.6) is 0 Å². The molecule has 0 saturated heterocycles. The Hall–Kier alpha value is -2.68. The third-order valence-corrected chi connectivity index (χ3v) is 3.38. The average molecular weight is 280 g/mol. The van der Waals surface area contributed by atoms with Gasteiger partial charge in [-0.1, -0.05) is 42.5 Å². The molecule has 0 aliphatic rings. The Labute approximate surface area is 123 Å². The van der Waals surface area contributed by atoms with Gasteiger partial charge in [0, 0.05) is 5.56 Å². The first-order valence-electron chi connectivity index (χ1n) is 6.61. The number of hydrogen-bond donors (Lipinski definition) is 1. The molecule has 2 aromatic carbocycles. The third kappa shape index (κ3) is 3.45. The summed E-state index contributed by atoms with van der Waals surface area (Å²) in [6.45, 7) is 4.03. The topological polar surface area (TPSA) is 54.4 Å². The number of carboxylic acids is 1. The second-order valence-electron chi connectivity index (χ2n) is 4.89. The number of ketones is 1. The molecule has 3 heteroatoms. The van der Waals surface area contributed by atoms with Crippen molar-refractivity contribution < 1.29 is 14.7 Å².